The van der Waals surface area contributed by atoms with Crippen LogP contribution in [-0.2, 0) is 11.0 Å². The number of nitrogens with one attached hydrogen (secondary N) is 1. The molecule has 0 radical (unpaired) electrons. The molecule has 0 aliphatic carbocycles. The second kappa shape index (κ2) is 9.04. The van der Waals surface area contributed by atoms with Crippen LogP contribution in [0.3, 0.4) is 0 Å². The van der Waals surface area contributed by atoms with Crippen LogP contribution >= 0.6 is 11.6 Å². The smallest absolute Gasteiger partial charge is 0.332 e. The van der Waals surface area contributed by atoms with Gasteiger partial charge in [-0.1, -0.05) is 23.7 Å². The van der Waals surface area contributed by atoms with Gasteiger partial charge in [0.25, 0.3) is 5.91 Å². The average molecular weight is 465 g/mol. The van der Waals surface area contributed by atoms with E-state index >= 15 is 0 Å². The predicted molar refractivity (Wildman–Crippen MR) is 115 cm³/mol. The van der Waals surface area contributed by atoms with Crippen LogP contribution in [0, 0.1) is 13.8 Å². The molecule has 0 spiro atoms. The lowest BCUT2D eigenvalue weighted by Gasteiger charge is -2.18. The summed E-state index contributed by atoms with van der Waals surface area (Å²) >= 11 is 6.17. The van der Waals surface area contributed by atoms with Gasteiger partial charge in [0, 0.05) is 12.6 Å². The fourth-order valence-electron chi connectivity index (χ4n) is 3.16. The van der Waals surface area contributed by atoms with Gasteiger partial charge in [-0.3, -0.25) is 9.59 Å². The summed E-state index contributed by atoms with van der Waals surface area (Å²) in [5.74, 6) is -1.20. The Morgan fingerprint density at radius 1 is 1.09 bits per heavy atom. The number of hydrogen-bond acceptors (Lipinski definition) is 3. The van der Waals surface area contributed by atoms with Gasteiger partial charge in [0.2, 0.25) is 5.91 Å². The summed E-state index contributed by atoms with van der Waals surface area (Å²) in [6, 6.07) is 11.2. The van der Waals surface area contributed by atoms with Crippen LogP contribution in [0.2, 0.25) is 5.02 Å². The summed E-state index contributed by atoms with van der Waals surface area (Å²) < 4.78 is 40.9. The van der Waals surface area contributed by atoms with Crippen LogP contribution in [0.1, 0.15) is 27.3 Å². The highest BCUT2D eigenvalue weighted by Crippen LogP contribution is 2.34. The predicted octanol–water partition coefficient (Wildman–Crippen LogP) is 4.87. The Balaban J connectivity index is 1.68. The van der Waals surface area contributed by atoms with Crippen molar-refractivity contribution < 1.29 is 22.8 Å². The molecule has 2 aromatic carbocycles. The van der Waals surface area contributed by atoms with E-state index in [1.807, 2.05) is 6.92 Å². The van der Waals surface area contributed by atoms with Gasteiger partial charge in [-0.05, 0) is 50.2 Å². The second-order valence-electron chi connectivity index (χ2n) is 7.20. The largest absolute Gasteiger partial charge is 0.418 e. The molecular formula is C22H20ClF3N4O2. The monoisotopic (exact) mass is 464 g/mol. The minimum absolute atomic E-state index is 0.312. The third kappa shape index (κ3) is 4.94. The summed E-state index contributed by atoms with van der Waals surface area (Å²) in [4.78, 5) is 26.0. The van der Waals surface area contributed by atoms with E-state index in [9.17, 15) is 22.8 Å². The number of aryl methyl sites for hydroxylation is 1. The maximum Gasteiger partial charge on any atom is 0.418 e. The van der Waals surface area contributed by atoms with Gasteiger partial charge >= 0.3 is 6.18 Å². The lowest BCUT2D eigenvalue weighted by atomic mass is 10.1. The molecule has 10 heteroatoms. The van der Waals surface area contributed by atoms with Crippen LogP contribution in [-0.4, -0.2) is 40.1 Å². The second-order valence-corrected chi connectivity index (χ2v) is 7.57. The van der Waals surface area contributed by atoms with E-state index < -0.39 is 30.1 Å². The standard InChI is InChI=1S/C22H20ClF3N4O2/c1-13-20(23)14(2)30(28-13)16-10-8-15(9-11-16)21(32)29(3)12-19(31)27-18-7-5-4-6-17(18)22(24,25)26/h4-11H,12H2,1-3H3,(H,27,31). The molecule has 32 heavy (non-hydrogen) atoms. The molecule has 0 saturated carbocycles. The fourth-order valence-corrected chi connectivity index (χ4v) is 3.27. The molecule has 3 aromatic rings. The van der Waals surface area contributed by atoms with Gasteiger partial charge in [-0.25, -0.2) is 4.68 Å². The highest BCUT2D eigenvalue weighted by atomic mass is 35.5. The normalized spacial score (nSPS) is 11.3. The number of rotatable bonds is 5. The minimum Gasteiger partial charge on any atom is -0.332 e. The number of carbonyl (C=O) groups excluding carboxylic acids is 2. The Bertz CT molecular complexity index is 1160. The van der Waals surface area contributed by atoms with E-state index in [4.69, 9.17) is 11.6 Å². The molecule has 0 bridgehead atoms. The lowest BCUT2D eigenvalue weighted by Crippen LogP contribution is -2.35. The number of hydrogen-bond donors (Lipinski definition) is 1. The quantitative estimate of drug-likeness (QED) is 0.585. The molecule has 168 valence electrons. The number of aromatic nitrogens is 2. The molecular weight excluding hydrogens is 445 g/mol. The molecule has 0 aliphatic rings. The van der Waals surface area contributed by atoms with Crippen LogP contribution < -0.4 is 5.32 Å². The maximum atomic E-state index is 13.1. The first-order valence-corrected chi connectivity index (χ1v) is 9.90. The first kappa shape index (κ1) is 23.3. The van der Waals surface area contributed by atoms with E-state index in [1.54, 1.807) is 35.9 Å². The van der Waals surface area contributed by atoms with Gasteiger partial charge in [0.1, 0.15) is 0 Å². The van der Waals surface area contributed by atoms with Crippen LogP contribution in [0.15, 0.2) is 48.5 Å². The number of benzene rings is 2. The van der Waals surface area contributed by atoms with Crippen molar-refractivity contribution in [1.29, 1.82) is 0 Å². The number of para-hydroxylation sites is 1. The van der Waals surface area contributed by atoms with Gasteiger partial charge in [-0.15, -0.1) is 0 Å². The van der Waals surface area contributed by atoms with E-state index in [1.165, 1.54) is 19.2 Å². The Morgan fingerprint density at radius 2 is 1.72 bits per heavy atom. The van der Waals surface area contributed by atoms with E-state index in [0.717, 1.165) is 22.7 Å². The molecule has 6 nitrogen and oxygen atoms in total. The van der Waals surface area contributed by atoms with Crippen molar-refractivity contribution in [3.05, 3.63) is 76.1 Å². The first-order valence-electron chi connectivity index (χ1n) is 9.52. The van der Waals surface area contributed by atoms with Gasteiger partial charge < -0.3 is 10.2 Å². The SMILES string of the molecule is Cc1nn(-c2ccc(C(=O)N(C)CC(=O)Nc3ccccc3C(F)(F)F)cc2)c(C)c1Cl. The van der Waals surface area contributed by atoms with Crippen molar-refractivity contribution in [3.8, 4) is 5.69 Å². The number of halogens is 4. The van der Waals surface area contributed by atoms with Gasteiger partial charge in [-0.2, -0.15) is 18.3 Å². The molecule has 0 atom stereocenters. The lowest BCUT2D eigenvalue weighted by molar-refractivity contribution is -0.137. The van der Waals surface area contributed by atoms with Crippen molar-refractivity contribution in [2.75, 3.05) is 18.9 Å². The summed E-state index contributed by atoms with van der Waals surface area (Å²) in [6.07, 6.45) is -4.61. The molecule has 0 saturated heterocycles. The molecule has 0 aliphatic heterocycles. The number of likely N-dealkylation sites (N-methyl/N-ethyl adjacent to an activating group) is 1. The van der Waals surface area contributed by atoms with E-state index in [-0.39, 0.29) is 5.69 Å². The Labute approximate surface area is 187 Å². The van der Waals surface area contributed by atoms with Crippen molar-refractivity contribution >= 4 is 29.1 Å². The molecule has 1 heterocycles. The van der Waals surface area contributed by atoms with Crippen molar-refractivity contribution in [1.82, 2.24) is 14.7 Å². The maximum absolute atomic E-state index is 13.1. The molecule has 1 N–H and O–H groups in total. The zero-order valence-electron chi connectivity index (χ0n) is 17.5. The number of carbonyl (C=O) groups is 2. The van der Waals surface area contributed by atoms with Crippen LogP contribution in [0.5, 0.6) is 0 Å². The zero-order chi connectivity index (χ0) is 23.6. The molecule has 2 amide bonds. The fraction of sp³-hybridized carbons (Fsp3) is 0.227. The Morgan fingerprint density at radius 3 is 2.28 bits per heavy atom. The third-order valence-corrected chi connectivity index (χ3v) is 5.34. The Kier molecular flexibility index (Phi) is 6.59. The van der Waals surface area contributed by atoms with Gasteiger partial charge in [0.15, 0.2) is 0 Å². The summed E-state index contributed by atoms with van der Waals surface area (Å²) in [6.45, 7) is 3.20. The van der Waals surface area contributed by atoms with E-state index in [0.29, 0.717) is 22.0 Å². The average Bonchev–Trinajstić information content (AvgIpc) is 3.00. The Hall–Kier alpha value is -3.33. The number of alkyl halides is 3. The van der Waals surface area contributed by atoms with Gasteiger partial charge in [0.05, 0.1) is 39.9 Å². The zero-order valence-corrected chi connectivity index (χ0v) is 18.3. The number of nitrogens with zero attached hydrogens (tertiary/aromatic N) is 3. The molecule has 3 rings (SSSR count). The van der Waals surface area contributed by atoms with Crippen LogP contribution in [0.4, 0.5) is 18.9 Å². The number of amides is 2. The minimum atomic E-state index is -4.61. The highest BCUT2D eigenvalue weighted by Gasteiger charge is 2.33. The summed E-state index contributed by atoms with van der Waals surface area (Å²) in [5.41, 5.74) is 1.14. The highest BCUT2D eigenvalue weighted by molar-refractivity contribution is 6.31. The molecule has 1 aromatic heterocycles. The third-order valence-electron chi connectivity index (χ3n) is 4.80. The number of anilines is 1. The first-order chi connectivity index (χ1) is 15.0. The van der Waals surface area contributed by atoms with Crippen molar-refractivity contribution in [3.63, 3.8) is 0 Å². The van der Waals surface area contributed by atoms with Crippen molar-refractivity contribution in [2.45, 2.75) is 20.0 Å². The van der Waals surface area contributed by atoms with Crippen molar-refractivity contribution in [2.24, 2.45) is 0 Å². The molecule has 0 unspecified atom stereocenters. The topological polar surface area (TPSA) is 67.2 Å². The summed E-state index contributed by atoms with van der Waals surface area (Å²) in [5, 5.41) is 7.13. The van der Waals surface area contributed by atoms with Crippen LogP contribution in [0.25, 0.3) is 5.69 Å². The van der Waals surface area contributed by atoms with E-state index in [2.05, 4.69) is 10.4 Å². The summed E-state index contributed by atoms with van der Waals surface area (Å²) in [7, 11) is 1.40. The molecule has 0 fully saturated rings.